The van der Waals surface area contributed by atoms with E-state index in [4.69, 9.17) is 0 Å². The van der Waals surface area contributed by atoms with Crippen LogP contribution in [0.3, 0.4) is 0 Å². The van der Waals surface area contributed by atoms with Crippen molar-refractivity contribution in [3.63, 3.8) is 0 Å². The van der Waals surface area contributed by atoms with Gasteiger partial charge < -0.3 is 0 Å². The molecule has 2 unspecified atom stereocenters. The molecule has 0 radical (unpaired) electrons. The third-order valence-electron chi connectivity index (χ3n) is 2.59. The van der Waals surface area contributed by atoms with Gasteiger partial charge in [-0.3, -0.25) is 4.79 Å². The number of alkyl halides is 2. The Hall–Kier alpha value is -0.470. The van der Waals surface area contributed by atoms with E-state index in [0.29, 0.717) is 6.42 Å². The van der Waals surface area contributed by atoms with E-state index < -0.39 is 11.8 Å². The normalized spacial score (nSPS) is 42.8. The third kappa shape index (κ3) is 0.633. The summed E-state index contributed by atoms with van der Waals surface area (Å²) in [5.41, 5.74) is 0. The molecule has 2 aliphatic carbocycles. The van der Waals surface area contributed by atoms with Crippen molar-refractivity contribution in [1.29, 1.82) is 0 Å². The summed E-state index contributed by atoms with van der Waals surface area (Å²) in [4.78, 5) is 10.8. The molecule has 0 heterocycles. The van der Waals surface area contributed by atoms with Gasteiger partial charge in [0, 0.05) is 24.7 Å². The first-order chi connectivity index (χ1) is 4.59. The van der Waals surface area contributed by atoms with Crippen LogP contribution < -0.4 is 0 Å². The van der Waals surface area contributed by atoms with Crippen LogP contribution in [0.15, 0.2) is 0 Å². The highest BCUT2D eigenvalue weighted by Crippen LogP contribution is 2.51. The lowest BCUT2D eigenvalue weighted by Crippen LogP contribution is -2.27. The zero-order chi connectivity index (χ0) is 7.35. The summed E-state index contributed by atoms with van der Waals surface area (Å²) in [5.74, 6) is -3.40. The maximum absolute atomic E-state index is 12.7. The predicted octanol–water partition coefficient (Wildman–Crippen LogP) is 1.62. The zero-order valence-corrected chi connectivity index (χ0v) is 5.44. The van der Waals surface area contributed by atoms with Crippen LogP contribution >= 0.6 is 0 Å². The van der Waals surface area contributed by atoms with E-state index >= 15 is 0 Å². The quantitative estimate of drug-likeness (QED) is 0.507. The number of carbonyl (C=O) groups is 1. The van der Waals surface area contributed by atoms with E-state index in [1.807, 2.05) is 0 Å². The predicted molar refractivity (Wildman–Crippen MR) is 30.8 cm³/mol. The van der Waals surface area contributed by atoms with Crippen molar-refractivity contribution < 1.29 is 13.6 Å². The Labute approximate surface area is 57.4 Å². The number of hydrogen-bond acceptors (Lipinski definition) is 1. The van der Waals surface area contributed by atoms with Gasteiger partial charge in [0.2, 0.25) is 0 Å². The Bertz CT molecular complexity index is 188. The average molecular weight is 146 g/mol. The van der Waals surface area contributed by atoms with Gasteiger partial charge in [0.15, 0.2) is 0 Å². The van der Waals surface area contributed by atoms with Gasteiger partial charge in [0.25, 0.3) is 5.92 Å². The largest absolute Gasteiger partial charge is 0.299 e. The smallest absolute Gasteiger partial charge is 0.252 e. The number of hydrogen-bond donors (Lipinski definition) is 0. The van der Waals surface area contributed by atoms with Gasteiger partial charge in [0.1, 0.15) is 5.78 Å². The van der Waals surface area contributed by atoms with Crippen LogP contribution in [0.5, 0.6) is 0 Å². The van der Waals surface area contributed by atoms with Gasteiger partial charge >= 0.3 is 0 Å². The summed E-state index contributed by atoms with van der Waals surface area (Å²) in [6, 6.07) is 0. The molecule has 0 aliphatic heterocycles. The third-order valence-corrected chi connectivity index (χ3v) is 2.59. The van der Waals surface area contributed by atoms with E-state index in [-0.39, 0.29) is 24.5 Å². The van der Waals surface area contributed by atoms with Crippen LogP contribution in [0.25, 0.3) is 0 Å². The second-order valence-electron chi connectivity index (χ2n) is 3.27. The molecule has 0 N–H and O–H groups in total. The fourth-order valence-electron chi connectivity index (χ4n) is 1.98. The Morgan fingerprint density at radius 1 is 1.50 bits per heavy atom. The molecule has 2 atom stereocenters. The van der Waals surface area contributed by atoms with E-state index in [1.165, 1.54) is 0 Å². The van der Waals surface area contributed by atoms with Gasteiger partial charge in [-0.05, 0) is 6.42 Å². The Morgan fingerprint density at radius 3 is 2.50 bits per heavy atom. The maximum atomic E-state index is 12.7. The van der Waals surface area contributed by atoms with Gasteiger partial charge in [0.05, 0.1) is 0 Å². The molecule has 0 saturated heterocycles. The molecule has 56 valence electrons. The topological polar surface area (TPSA) is 17.1 Å². The molecule has 2 rings (SSSR count). The van der Waals surface area contributed by atoms with Gasteiger partial charge in [-0.15, -0.1) is 0 Å². The fraction of sp³-hybridized carbons (Fsp3) is 0.857. The number of ketones is 1. The monoisotopic (exact) mass is 146 g/mol. The molecule has 1 nitrogen and oxygen atoms in total. The van der Waals surface area contributed by atoms with Gasteiger partial charge in [-0.25, -0.2) is 8.78 Å². The van der Waals surface area contributed by atoms with Crippen molar-refractivity contribution in [3.05, 3.63) is 0 Å². The molecule has 0 spiro atoms. The van der Waals surface area contributed by atoms with Gasteiger partial charge in [-0.1, -0.05) is 0 Å². The number of carbonyl (C=O) groups excluding carboxylic acids is 1. The summed E-state index contributed by atoms with van der Waals surface area (Å²) < 4.78 is 25.3. The highest BCUT2D eigenvalue weighted by molar-refractivity contribution is 5.84. The molecule has 0 amide bonds. The maximum Gasteiger partial charge on any atom is 0.252 e. The van der Waals surface area contributed by atoms with Crippen molar-refractivity contribution in [2.45, 2.75) is 25.2 Å². The van der Waals surface area contributed by atoms with E-state index in [1.54, 1.807) is 0 Å². The van der Waals surface area contributed by atoms with E-state index in [2.05, 4.69) is 0 Å². The SMILES string of the molecule is O=C1CC2CC1CC2(F)F. The average Bonchev–Trinajstić information content (AvgIpc) is 2.21. The summed E-state index contributed by atoms with van der Waals surface area (Å²) >= 11 is 0. The Balaban J connectivity index is 2.24. The van der Waals surface area contributed by atoms with Crippen molar-refractivity contribution in [1.82, 2.24) is 0 Å². The second kappa shape index (κ2) is 1.57. The lowest BCUT2D eigenvalue weighted by Gasteiger charge is -2.19. The molecular formula is C7H8F2O. The molecule has 3 heteroatoms. The molecule has 2 bridgehead atoms. The molecule has 10 heavy (non-hydrogen) atoms. The number of rotatable bonds is 0. The summed E-state index contributed by atoms with van der Waals surface area (Å²) in [5, 5.41) is 0. The van der Waals surface area contributed by atoms with E-state index in [0.717, 1.165) is 0 Å². The molecule has 0 aromatic carbocycles. The molecule has 0 aromatic rings. The van der Waals surface area contributed by atoms with Crippen LogP contribution in [0.4, 0.5) is 8.78 Å². The highest BCUT2D eigenvalue weighted by atomic mass is 19.3. The molecule has 0 aromatic heterocycles. The lowest BCUT2D eigenvalue weighted by molar-refractivity contribution is -0.129. The first-order valence-electron chi connectivity index (χ1n) is 3.50. The van der Waals surface area contributed by atoms with Crippen LogP contribution in [0, 0.1) is 11.8 Å². The standard InChI is InChI=1S/C7H8F2O/c8-7(9)3-4-1-5(7)2-6(4)10/h4-5H,1-3H2. The minimum Gasteiger partial charge on any atom is -0.299 e. The number of Topliss-reactive ketones (excluding diaryl/α,β-unsaturated/α-hetero) is 1. The van der Waals surface area contributed by atoms with Crippen LogP contribution in [0.1, 0.15) is 19.3 Å². The van der Waals surface area contributed by atoms with Crippen molar-refractivity contribution >= 4 is 5.78 Å². The van der Waals surface area contributed by atoms with Gasteiger partial charge in [-0.2, -0.15) is 0 Å². The van der Waals surface area contributed by atoms with Crippen LogP contribution in [0.2, 0.25) is 0 Å². The highest BCUT2D eigenvalue weighted by Gasteiger charge is 2.56. The van der Waals surface area contributed by atoms with Crippen LogP contribution in [-0.4, -0.2) is 11.7 Å². The molecule has 2 saturated carbocycles. The second-order valence-corrected chi connectivity index (χ2v) is 3.27. The van der Waals surface area contributed by atoms with Crippen molar-refractivity contribution in [3.8, 4) is 0 Å². The van der Waals surface area contributed by atoms with Crippen molar-refractivity contribution in [2.24, 2.45) is 11.8 Å². The van der Waals surface area contributed by atoms with Crippen molar-refractivity contribution in [2.75, 3.05) is 0 Å². The van der Waals surface area contributed by atoms with Crippen LogP contribution in [-0.2, 0) is 4.79 Å². The molecule has 2 aliphatic rings. The summed E-state index contributed by atoms with van der Waals surface area (Å²) in [6.07, 6.45) is 0.375. The molecule has 2 fully saturated rings. The first-order valence-corrected chi connectivity index (χ1v) is 3.50. The first kappa shape index (κ1) is 6.25. The number of fused-ring (bicyclic) bond motifs is 2. The minimum atomic E-state index is -2.53. The summed E-state index contributed by atoms with van der Waals surface area (Å²) in [7, 11) is 0. The number of halogens is 2. The fourth-order valence-corrected chi connectivity index (χ4v) is 1.98. The lowest BCUT2D eigenvalue weighted by atomic mass is 9.96. The Kier molecular flexibility index (Phi) is 0.984. The zero-order valence-electron chi connectivity index (χ0n) is 5.44. The minimum absolute atomic E-state index is 0.0518. The van der Waals surface area contributed by atoms with E-state index in [9.17, 15) is 13.6 Å². The molecular weight excluding hydrogens is 138 g/mol. The summed E-state index contributed by atoms with van der Waals surface area (Å²) in [6.45, 7) is 0. The Morgan fingerprint density at radius 2 is 2.20 bits per heavy atom.